The number of aromatic nitrogens is 4. The first kappa shape index (κ1) is 25.1. The number of H-pyrrole nitrogens is 1. The number of ether oxygens (including phenoxy) is 1. The Morgan fingerprint density at radius 3 is 2.55 bits per heavy atom. The van der Waals surface area contributed by atoms with Gasteiger partial charge in [0.1, 0.15) is 18.5 Å². The predicted octanol–water partition coefficient (Wildman–Crippen LogP) is 3.49. The molecule has 1 aromatic carbocycles. The van der Waals surface area contributed by atoms with Crippen LogP contribution >= 0.6 is 11.8 Å². The molecular weight excluding hydrogens is 440 g/mol. The van der Waals surface area contributed by atoms with Gasteiger partial charge in [-0.25, -0.2) is 9.78 Å². The Bertz CT molecular complexity index is 1150. The first-order chi connectivity index (χ1) is 15.9. The highest BCUT2D eigenvalue weighted by Crippen LogP contribution is 2.23. The van der Waals surface area contributed by atoms with Crippen molar-refractivity contribution in [1.82, 2.24) is 19.1 Å². The Morgan fingerprint density at radius 1 is 1.12 bits per heavy atom. The van der Waals surface area contributed by atoms with Gasteiger partial charge in [-0.3, -0.25) is 14.3 Å². The zero-order valence-electron chi connectivity index (χ0n) is 19.7. The minimum atomic E-state index is -0.853. The Hall–Kier alpha value is -2.52. The number of hydrogen-bond donors (Lipinski definition) is 2. The molecule has 180 valence electrons. The van der Waals surface area contributed by atoms with E-state index in [0.717, 1.165) is 25.0 Å². The van der Waals surface area contributed by atoms with E-state index in [9.17, 15) is 14.7 Å². The summed E-state index contributed by atoms with van der Waals surface area (Å²) < 4.78 is 8.78. The van der Waals surface area contributed by atoms with Crippen molar-refractivity contribution in [1.29, 1.82) is 0 Å². The van der Waals surface area contributed by atoms with Gasteiger partial charge in [-0.15, -0.1) is 0 Å². The fourth-order valence-corrected chi connectivity index (χ4v) is 4.64. The second kappa shape index (κ2) is 12.1. The van der Waals surface area contributed by atoms with Gasteiger partial charge in [-0.1, -0.05) is 63.4 Å². The maximum Gasteiger partial charge on any atom is 0.329 e. The molecule has 2 aromatic heterocycles. The lowest BCUT2D eigenvalue weighted by Crippen LogP contribution is -2.30. The van der Waals surface area contributed by atoms with E-state index < -0.39 is 17.4 Å². The normalized spacial score (nSPS) is 12.4. The van der Waals surface area contributed by atoms with Crippen LogP contribution in [0.5, 0.6) is 5.75 Å². The molecule has 33 heavy (non-hydrogen) atoms. The van der Waals surface area contributed by atoms with E-state index >= 15 is 0 Å². The van der Waals surface area contributed by atoms with Crippen molar-refractivity contribution in [3.05, 3.63) is 50.7 Å². The molecule has 0 aliphatic rings. The zero-order chi connectivity index (χ0) is 23.8. The van der Waals surface area contributed by atoms with Crippen molar-refractivity contribution in [2.24, 2.45) is 7.05 Å². The molecule has 0 aliphatic carbocycles. The second-order valence-corrected chi connectivity index (χ2v) is 9.28. The SMILES string of the molecule is CCCCCCCSc1nc2c(c(=O)[nH]c(=O)n2C)n1CC(O)COc1ccc(CC)cc1. The lowest BCUT2D eigenvalue weighted by atomic mass is 10.2. The number of aliphatic hydroxyl groups is 1. The first-order valence-electron chi connectivity index (χ1n) is 11.7. The van der Waals surface area contributed by atoms with E-state index in [1.807, 2.05) is 24.3 Å². The number of hydrogen-bond acceptors (Lipinski definition) is 6. The summed E-state index contributed by atoms with van der Waals surface area (Å²) in [5.41, 5.74) is 0.817. The van der Waals surface area contributed by atoms with Crippen molar-refractivity contribution in [2.45, 2.75) is 70.2 Å². The molecule has 0 bridgehead atoms. The summed E-state index contributed by atoms with van der Waals surface area (Å²) >= 11 is 1.55. The van der Waals surface area contributed by atoms with Gasteiger partial charge in [0, 0.05) is 12.8 Å². The number of unbranched alkanes of at least 4 members (excludes halogenated alkanes) is 4. The van der Waals surface area contributed by atoms with Crippen molar-refractivity contribution in [3.63, 3.8) is 0 Å². The molecule has 0 aliphatic heterocycles. The molecule has 3 aromatic rings. The molecule has 9 heteroatoms. The number of rotatable bonds is 13. The van der Waals surface area contributed by atoms with Crippen LogP contribution in [-0.2, 0) is 20.0 Å². The smallest absolute Gasteiger partial charge is 0.329 e. The number of benzene rings is 1. The molecule has 1 atom stereocenters. The van der Waals surface area contributed by atoms with Gasteiger partial charge < -0.3 is 14.4 Å². The summed E-state index contributed by atoms with van der Waals surface area (Å²) in [6.45, 7) is 4.50. The fourth-order valence-electron chi connectivity index (χ4n) is 3.64. The van der Waals surface area contributed by atoms with E-state index in [1.54, 1.807) is 23.4 Å². The van der Waals surface area contributed by atoms with Crippen LogP contribution in [-0.4, -0.2) is 42.7 Å². The van der Waals surface area contributed by atoms with Crippen LogP contribution in [0, 0.1) is 0 Å². The zero-order valence-corrected chi connectivity index (χ0v) is 20.5. The Balaban J connectivity index is 1.75. The summed E-state index contributed by atoms with van der Waals surface area (Å²) in [5, 5.41) is 11.3. The minimum absolute atomic E-state index is 0.0793. The standard InChI is InChI=1S/C24H34N4O4S/c1-4-6-7-8-9-14-33-24-25-21-20(22(30)26-23(31)27(21)3)28(24)15-18(29)16-32-19-12-10-17(5-2)11-13-19/h10-13,18,29H,4-9,14-16H2,1-3H3,(H,26,30,31). The number of nitrogens with zero attached hydrogens (tertiary/aromatic N) is 3. The van der Waals surface area contributed by atoms with Crippen molar-refractivity contribution in [3.8, 4) is 5.75 Å². The number of aliphatic hydroxyl groups excluding tert-OH is 1. The molecular formula is C24H34N4O4S. The third-order valence-electron chi connectivity index (χ3n) is 5.62. The van der Waals surface area contributed by atoms with Crippen LogP contribution in [0.1, 0.15) is 51.5 Å². The highest BCUT2D eigenvalue weighted by atomic mass is 32.2. The van der Waals surface area contributed by atoms with Gasteiger partial charge in [0.15, 0.2) is 16.3 Å². The lowest BCUT2D eigenvalue weighted by Gasteiger charge is -2.15. The summed E-state index contributed by atoms with van der Waals surface area (Å²) in [5.74, 6) is 1.54. The maximum atomic E-state index is 12.6. The summed E-state index contributed by atoms with van der Waals surface area (Å²) in [6, 6.07) is 7.78. The molecule has 0 fully saturated rings. The van der Waals surface area contributed by atoms with E-state index in [-0.39, 0.29) is 18.7 Å². The van der Waals surface area contributed by atoms with E-state index in [0.29, 0.717) is 16.6 Å². The molecule has 0 spiro atoms. The minimum Gasteiger partial charge on any atom is -0.491 e. The highest BCUT2D eigenvalue weighted by molar-refractivity contribution is 7.99. The predicted molar refractivity (Wildman–Crippen MR) is 132 cm³/mol. The van der Waals surface area contributed by atoms with E-state index in [1.165, 1.54) is 29.4 Å². The van der Waals surface area contributed by atoms with Gasteiger partial charge in [0.2, 0.25) is 0 Å². The topological polar surface area (TPSA) is 102 Å². The van der Waals surface area contributed by atoms with Crippen LogP contribution in [0.4, 0.5) is 0 Å². The number of thioether (sulfide) groups is 1. The summed E-state index contributed by atoms with van der Waals surface area (Å²) in [6.07, 6.45) is 5.92. The molecule has 2 heterocycles. The summed E-state index contributed by atoms with van der Waals surface area (Å²) in [4.78, 5) is 31.6. The second-order valence-electron chi connectivity index (χ2n) is 8.22. The monoisotopic (exact) mass is 474 g/mol. The van der Waals surface area contributed by atoms with Crippen LogP contribution in [0.25, 0.3) is 11.2 Å². The molecule has 8 nitrogen and oxygen atoms in total. The summed E-state index contributed by atoms with van der Waals surface area (Å²) in [7, 11) is 1.58. The van der Waals surface area contributed by atoms with Crippen molar-refractivity contribution >= 4 is 22.9 Å². The van der Waals surface area contributed by atoms with E-state index in [2.05, 4.69) is 23.8 Å². The number of imidazole rings is 1. The highest BCUT2D eigenvalue weighted by Gasteiger charge is 2.20. The van der Waals surface area contributed by atoms with Crippen molar-refractivity contribution < 1.29 is 9.84 Å². The van der Waals surface area contributed by atoms with Crippen LogP contribution in [0.3, 0.4) is 0 Å². The Labute approximate surface area is 198 Å². The van der Waals surface area contributed by atoms with Crippen LogP contribution in [0.15, 0.2) is 39.0 Å². The van der Waals surface area contributed by atoms with Gasteiger partial charge in [0.25, 0.3) is 5.56 Å². The number of aromatic amines is 1. The average molecular weight is 475 g/mol. The third-order valence-corrected chi connectivity index (χ3v) is 6.68. The molecule has 1 unspecified atom stereocenters. The van der Waals surface area contributed by atoms with Crippen molar-refractivity contribution in [2.75, 3.05) is 12.4 Å². The van der Waals surface area contributed by atoms with Gasteiger partial charge in [-0.2, -0.15) is 0 Å². The van der Waals surface area contributed by atoms with Gasteiger partial charge in [0.05, 0.1) is 6.54 Å². The Kier molecular flexibility index (Phi) is 9.20. The maximum absolute atomic E-state index is 12.6. The van der Waals surface area contributed by atoms with E-state index in [4.69, 9.17) is 4.74 Å². The van der Waals surface area contributed by atoms with Gasteiger partial charge in [-0.05, 0) is 30.5 Å². The van der Waals surface area contributed by atoms with Gasteiger partial charge >= 0.3 is 5.69 Å². The molecule has 0 amide bonds. The first-order valence-corrected chi connectivity index (χ1v) is 12.6. The number of aryl methyl sites for hydroxylation is 2. The van der Waals surface area contributed by atoms with Crippen LogP contribution < -0.4 is 16.0 Å². The molecule has 0 saturated carbocycles. The lowest BCUT2D eigenvalue weighted by molar-refractivity contribution is 0.0913. The quantitative estimate of drug-likeness (QED) is 0.290. The Morgan fingerprint density at radius 2 is 1.85 bits per heavy atom. The molecule has 2 N–H and O–H groups in total. The number of nitrogens with one attached hydrogen (secondary N) is 1. The molecule has 3 rings (SSSR count). The average Bonchev–Trinajstić information content (AvgIpc) is 3.17. The molecule has 0 saturated heterocycles. The molecule has 0 radical (unpaired) electrons. The number of fused-ring (bicyclic) bond motifs is 1. The van der Waals surface area contributed by atoms with Crippen LogP contribution in [0.2, 0.25) is 0 Å². The largest absolute Gasteiger partial charge is 0.491 e. The fraction of sp³-hybridized carbons (Fsp3) is 0.542. The third kappa shape index (κ3) is 6.51.